The second-order valence-corrected chi connectivity index (χ2v) is 32.6. The van der Waals surface area contributed by atoms with Gasteiger partial charge in [-0.15, -0.1) is 0 Å². The van der Waals surface area contributed by atoms with Gasteiger partial charge in [-0.25, -0.2) is 15.0 Å². The molecule has 0 N–H and O–H groups in total. The first-order chi connectivity index (χ1) is 62.5. The molecule has 9 heteroatoms. The van der Waals surface area contributed by atoms with E-state index in [4.69, 9.17) is 15.0 Å². The molecular formula is C117H75N9. The molecule has 0 amide bonds. The number of benzene rings is 19. The van der Waals surface area contributed by atoms with Crippen molar-refractivity contribution in [2.24, 2.45) is 0 Å². The van der Waals surface area contributed by atoms with Crippen LogP contribution in [0.1, 0.15) is 0 Å². The van der Waals surface area contributed by atoms with Crippen LogP contribution in [0.25, 0.3) is 233 Å². The third kappa shape index (κ3) is 11.7. The Morgan fingerprint density at radius 2 is 0.381 bits per heavy atom. The fraction of sp³-hybridized carbons (Fsp3) is 0. The molecule has 0 radical (unpaired) electrons. The molecule has 0 spiro atoms. The van der Waals surface area contributed by atoms with Crippen LogP contribution < -0.4 is 0 Å². The standard InChI is InChI=1S/C60H39N3.C57H36N6/c1-4-17-40(18-5-1)43-35-44(41-19-6-2-7-20-41)37-45(36-43)42-21-16-24-47(38-42)62-56-30-15-12-27-52(56)59-58(62)34-32-51-49-25-10-14-29-55(49)63(60(51)59)48-31-33-57-53(39-48)50-26-11-13-28-54(50)61(57)46-22-8-3-9-23-46;1-4-17-37(18-5-1)55-58-56(38-19-6-2-7-20-38)60-57(59-55)39-21-16-24-41(35-39)63-49-29-14-10-25-43(49)45-32-34-52-53(54(45)63)46-27-12-15-30-50(46)62(52)42-31-33-51-47(36-42)44-26-11-13-28-48(44)61(51)40-22-8-3-9-23-40/h1-39H;1-36H. The van der Waals surface area contributed by atoms with Gasteiger partial charge in [0.15, 0.2) is 17.5 Å². The van der Waals surface area contributed by atoms with Crippen LogP contribution >= 0.6 is 0 Å². The quantitative estimate of drug-likeness (QED) is 0.122. The highest BCUT2D eigenvalue weighted by atomic mass is 15.1. The van der Waals surface area contributed by atoms with E-state index in [1.807, 2.05) is 60.7 Å². The van der Waals surface area contributed by atoms with Gasteiger partial charge in [-0.05, 0) is 185 Å². The Bertz CT molecular complexity index is 8700. The van der Waals surface area contributed by atoms with Gasteiger partial charge in [0.1, 0.15) is 0 Å². The molecule has 9 nitrogen and oxygen atoms in total. The number of hydrogen-bond donors (Lipinski definition) is 0. The zero-order valence-corrected chi connectivity index (χ0v) is 68.3. The fourth-order valence-electron chi connectivity index (χ4n) is 20.0. The van der Waals surface area contributed by atoms with Crippen molar-refractivity contribution < 1.29 is 0 Å². The van der Waals surface area contributed by atoms with E-state index in [0.29, 0.717) is 17.5 Å². The van der Waals surface area contributed by atoms with Gasteiger partial charge in [-0.3, -0.25) is 0 Å². The molecule has 26 rings (SSSR count). The van der Waals surface area contributed by atoms with Gasteiger partial charge in [-0.1, -0.05) is 303 Å². The molecular weight excluding hydrogens is 1530 g/mol. The maximum atomic E-state index is 5.10. The van der Waals surface area contributed by atoms with Crippen LogP contribution in [0.4, 0.5) is 0 Å². The first-order valence-electron chi connectivity index (χ1n) is 43.0. The number of fused-ring (bicyclic) bond motifs is 20. The summed E-state index contributed by atoms with van der Waals surface area (Å²) in [6.45, 7) is 0. The molecule has 0 saturated carbocycles. The van der Waals surface area contributed by atoms with E-state index in [-0.39, 0.29) is 0 Å². The Kier molecular flexibility index (Phi) is 16.8. The highest BCUT2D eigenvalue weighted by Crippen LogP contribution is 2.48. The Morgan fingerprint density at radius 3 is 0.794 bits per heavy atom. The van der Waals surface area contributed by atoms with E-state index >= 15 is 0 Å². The molecule has 0 unspecified atom stereocenters. The topological polar surface area (TPSA) is 68.2 Å². The lowest BCUT2D eigenvalue weighted by atomic mass is 9.93. The predicted octanol–water partition coefficient (Wildman–Crippen LogP) is 30.1. The van der Waals surface area contributed by atoms with Gasteiger partial charge in [-0.2, -0.15) is 0 Å². The summed E-state index contributed by atoms with van der Waals surface area (Å²) in [6.07, 6.45) is 0. The predicted molar refractivity (Wildman–Crippen MR) is 525 cm³/mol. The van der Waals surface area contributed by atoms with Crippen molar-refractivity contribution in [1.82, 2.24) is 42.4 Å². The van der Waals surface area contributed by atoms with Crippen LogP contribution in [0.3, 0.4) is 0 Å². The van der Waals surface area contributed by atoms with E-state index in [1.54, 1.807) is 0 Å². The average molecular weight is 1610 g/mol. The molecule has 588 valence electrons. The number of para-hydroxylation sites is 8. The minimum Gasteiger partial charge on any atom is -0.309 e. The van der Waals surface area contributed by atoms with Crippen molar-refractivity contribution in [3.63, 3.8) is 0 Å². The van der Waals surface area contributed by atoms with E-state index in [9.17, 15) is 0 Å². The molecule has 0 aliphatic carbocycles. The fourth-order valence-corrected chi connectivity index (χ4v) is 20.0. The van der Waals surface area contributed by atoms with Crippen LogP contribution in [0.15, 0.2) is 455 Å². The molecule has 126 heavy (non-hydrogen) atoms. The molecule has 7 heterocycles. The number of rotatable bonds is 12. The van der Waals surface area contributed by atoms with Gasteiger partial charge < -0.3 is 27.4 Å². The number of nitrogens with zero attached hydrogens (tertiary/aromatic N) is 9. The maximum absolute atomic E-state index is 5.10. The highest BCUT2D eigenvalue weighted by Gasteiger charge is 2.27. The van der Waals surface area contributed by atoms with Crippen molar-refractivity contribution in [3.05, 3.63) is 455 Å². The van der Waals surface area contributed by atoms with Gasteiger partial charge in [0.05, 0.1) is 66.2 Å². The van der Waals surface area contributed by atoms with Crippen molar-refractivity contribution in [3.8, 4) is 102 Å². The molecule has 19 aromatic carbocycles. The first-order valence-corrected chi connectivity index (χ1v) is 43.0. The smallest absolute Gasteiger partial charge is 0.164 e. The monoisotopic (exact) mass is 1610 g/mol. The summed E-state index contributed by atoms with van der Waals surface area (Å²) in [7, 11) is 0. The van der Waals surface area contributed by atoms with Crippen LogP contribution in [-0.2, 0) is 0 Å². The van der Waals surface area contributed by atoms with Gasteiger partial charge >= 0.3 is 0 Å². The second kappa shape index (κ2) is 29.4. The molecule has 0 saturated heterocycles. The summed E-state index contributed by atoms with van der Waals surface area (Å²) in [4.78, 5) is 15.2. The minimum atomic E-state index is 0.621. The lowest BCUT2D eigenvalue weighted by Gasteiger charge is -2.14. The number of hydrogen-bond acceptors (Lipinski definition) is 3. The molecule has 0 bridgehead atoms. The number of aromatic nitrogens is 9. The third-order valence-corrected chi connectivity index (χ3v) is 25.4. The van der Waals surface area contributed by atoms with E-state index < -0.39 is 0 Å². The minimum absolute atomic E-state index is 0.621. The second-order valence-electron chi connectivity index (χ2n) is 32.6. The maximum Gasteiger partial charge on any atom is 0.164 e. The third-order valence-electron chi connectivity index (χ3n) is 25.4. The summed E-state index contributed by atoms with van der Waals surface area (Å²) < 4.78 is 14.6. The summed E-state index contributed by atoms with van der Waals surface area (Å²) in [6, 6.07) is 164. The molecule has 0 fully saturated rings. The summed E-state index contributed by atoms with van der Waals surface area (Å²) in [5.41, 5.74) is 30.8. The summed E-state index contributed by atoms with van der Waals surface area (Å²) in [5, 5.41) is 14.7. The molecule has 0 atom stereocenters. The Labute approximate surface area is 725 Å². The van der Waals surface area contributed by atoms with E-state index in [2.05, 4.69) is 422 Å². The normalized spacial score (nSPS) is 11.8. The van der Waals surface area contributed by atoms with Crippen molar-refractivity contribution >= 4 is 131 Å². The largest absolute Gasteiger partial charge is 0.309 e. The van der Waals surface area contributed by atoms with Crippen LogP contribution in [0.2, 0.25) is 0 Å². The van der Waals surface area contributed by atoms with Gasteiger partial charge in [0, 0.05) is 115 Å². The van der Waals surface area contributed by atoms with Crippen molar-refractivity contribution in [2.75, 3.05) is 0 Å². The molecule has 0 aliphatic rings. The summed E-state index contributed by atoms with van der Waals surface area (Å²) in [5.74, 6) is 1.90. The Hall–Kier alpha value is -17.0. The molecule has 26 aromatic rings. The van der Waals surface area contributed by atoms with Crippen LogP contribution in [-0.4, -0.2) is 42.4 Å². The van der Waals surface area contributed by atoms with Gasteiger partial charge in [0.2, 0.25) is 0 Å². The van der Waals surface area contributed by atoms with Crippen molar-refractivity contribution in [2.45, 2.75) is 0 Å². The molecule has 7 aromatic heterocycles. The first kappa shape index (κ1) is 71.9. The van der Waals surface area contributed by atoms with E-state index in [0.717, 1.165) is 72.9 Å². The van der Waals surface area contributed by atoms with Crippen molar-refractivity contribution in [1.29, 1.82) is 0 Å². The average Bonchev–Trinajstić information content (AvgIpc) is 1.54. The van der Waals surface area contributed by atoms with Crippen LogP contribution in [0.5, 0.6) is 0 Å². The lowest BCUT2D eigenvalue weighted by Crippen LogP contribution is -2.01. The SMILES string of the molecule is c1ccc(-c2cc(-c3ccccc3)cc(-c3cccc(-n4c5ccccc5c5c4ccc4c6ccccc6n(-c6ccc7c(c6)c6ccccc6n7-c6ccccc6)c45)c3)c2)cc1.c1ccc(-c2nc(-c3ccccc3)nc(-c3cccc(-n4c5ccccc5c5ccc6c(c7ccccc7n6-c6ccc7c(c6)c6ccccc6n7-c6ccccc6)c54)c3)n2)cc1. The molecule has 0 aliphatic heterocycles. The Morgan fingerprint density at radius 1 is 0.127 bits per heavy atom. The highest BCUT2D eigenvalue weighted by molar-refractivity contribution is 6.28. The van der Waals surface area contributed by atoms with Gasteiger partial charge in [0.25, 0.3) is 0 Å². The van der Waals surface area contributed by atoms with E-state index in [1.165, 1.54) is 142 Å². The lowest BCUT2D eigenvalue weighted by molar-refractivity contribution is 1.07. The zero-order valence-electron chi connectivity index (χ0n) is 68.3. The summed E-state index contributed by atoms with van der Waals surface area (Å²) >= 11 is 0. The van der Waals surface area contributed by atoms with Crippen LogP contribution in [0, 0.1) is 0 Å². The Balaban J connectivity index is 0.000000137. The zero-order chi connectivity index (χ0) is 82.9.